The highest BCUT2D eigenvalue weighted by molar-refractivity contribution is 7.99. The average molecular weight is 494 g/mol. The smallest absolute Gasteiger partial charge is 0.422 e. The van der Waals surface area contributed by atoms with E-state index in [4.69, 9.17) is 10.00 Å². The number of H-pyrrole nitrogens is 1. The number of thioether (sulfide) groups is 1. The SMILES string of the molecule is CC(CCSc1nc2cc[nH]c2c(=O)n1-c1ccc(OCC(F)(F)F)cc1)C(=O)NCCC#N. The summed E-state index contributed by atoms with van der Waals surface area (Å²) in [7, 11) is 0. The highest BCUT2D eigenvalue weighted by atomic mass is 32.2. The van der Waals surface area contributed by atoms with Crippen LogP contribution in [0.4, 0.5) is 13.2 Å². The lowest BCUT2D eigenvalue weighted by molar-refractivity contribution is -0.153. The molecule has 1 atom stereocenters. The predicted octanol–water partition coefficient (Wildman–Crippen LogP) is 3.80. The van der Waals surface area contributed by atoms with Gasteiger partial charge >= 0.3 is 6.18 Å². The van der Waals surface area contributed by atoms with Crippen molar-refractivity contribution in [3.05, 3.63) is 46.9 Å². The van der Waals surface area contributed by atoms with Crippen LogP contribution in [0.3, 0.4) is 0 Å². The molecule has 2 aromatic heterocycles. The molecule has 1 unspecified atom stereocenters. The van der Waals surface area contributed by atoms with Crippen LogP contribution in [0, 0.1) is 17.2 Å². The van der Waals surface area contributed by atoms with Crippen molar-refractivity contribution in [2.45, 2.75) is 31.1 Å². The van der Waals surface area contributed by atoms with Gasteiger partial charge in [-0.2, -0.15) is 18.4 Å². The first kappa shape index (κ1) is 25.2. The van der Waals surface area contributed by atoms with E-state index in [1.807, 2.05) is 6.07 Å². The third-order valence-corrected chi connectivity index (χ3v) is 5.78. The van der Waals surface area contributed by atoms with E-state index >= 15 is 0 Å². The monoisotopic (exact) mass is 493 g/mol. The summed E-state index contributed by atoms with van der Waals surface area (Å²) in [4.78, 5) is 32.6. The lowest BCUT2D eigenvalue weighted by Crippen LogP contribution is -2.30. The van der Waals surface area contributed by atoms with Crippen LogP contribution >= 0.6 is 11.8 Å². The predicted molar refractivity (Wildman–Crippen MR) is 121 cm³/mol. The molecular weight excluding hydrogens is 471 g/mol. The number of benzene rings is 1. The van der Waals surface area contributed by atoms with Crippen LogP contribution in [-0.4, -0.2) is 45.5 Å². The van der Waals surface area contributed by atoms with Gasteiger partial charge in [0.05, 0.1) is 23.7 Å². The molecule has 3 rings (SSSR count). The Balaban J connectivity index is 1.78. The highest BCUT2D eigenvalue weighted by Crippen LogP contribution is 2.25. The molecule has 12 heteroatoms. The largest absolute Gasteiger partial charge is 0.484 e. The topological polar surface area (TPSA) is 113 Å². The Morgan fingerprint density at radius 3 is 2.74 bits per heavy atom. The zero-order chi connectivity index (χ0) is 24.7. The van der Waals surface area contributed by atoms with E-state index in [1.165, 1.54) is 40.6 Å². The number of amides is 1. The Kier molecular flexibility index (Phi) is 8.22. The van der Waals surface area contributed by atoms with Crippen molar-refractivity contribution in [1.29, 1.82) is 5.26 Å². The van der Waals surface area contributed by atoms with E-state index in [-0.39, 0.29) is 29.6 Å². The van der Waals surface area contributed by atoms with E-state index in [0.717, 1.165) is 0 Å². The van der Waals surface area contributed by atoms with Gasteiger partial charge in [-0.25, -0.2) is 4.98 Å². The second kappa shape index (κ2) is 11.1. The molecule has 0 bridgehead atoms. The molecule has 1 aromatic carbocycles. The molecular formula is C22H22F3N5O3S. The van der Waals surface area contributed by atoms with Crippen LogP contribution in [-0.2, 0) is 4.79 Å². The number of fused-ring (bicyclic) bond motifs is 1. The molecule has 2 heterocycles. The number of rotatable bonds is 10. The number of carbonyl (C=O) groups is 1. The minimum atomic E-state index is -4.45. The number of ether oxygens (including phenoxy) is 1. The number of alkyl halides is 3. The second-order valence-corrected chi connectivity index (χ2v) is 8.47. The quantitative estimate of drug-likeness (QED) is 0.252. The molecule has 0 fully saturated rings. The maximum absolute atomic E-state index is 13.1. The second-order valence-electron chi connectivity index (χ2n) is 7.41. The Hall–Kier alpha value is -3.46. The number of carbonyl (C=O) groups excluding carboxylic acids is 1. The first-order valence-electron chi connectivity index (χ1n) is 10.4. The fraction of sp³-hybridized carbons (Fsp3) is 0.364. The van der Waals surface area contributed by atoms with Gasteiger partial charge in [-0.05, 0) is 36.8 Å². The average Bonchev–Trinajstić information content (AvgIpc) is 3.27. The van der Waals surface area contributed by atoms with Crippen molar-refractivity contribution in [1.82, 2.24) is 19.9 Å². The molecule has 0 aliphatic heterocycles. The lowest BCUT2D eigenvalue weighted by atomic mass is 10.1. The first-order chi connectivity index (χ1) is 16.2. The molecule has 0 saturated heterocycles. The van der Waals surface area contributed by atoms with Crippen molar-refractivity contribution in [2.24, 2.45) is 5.92 Å². The van der Waals surface area contributed by atoms with E-state index in [9.17, 15) is 22.8 Å². The molecule has 3 aromatic rings. The third kappa shape index (κ3) is 6.54. The number of halogens is 3. The number of hydrogen-bond acceptors (Lipinski definition) is 6. The molecule has 0 aliphatic carbocycles. The maximum atomic E-state index is 13.1. The molecule has 0 spiro atoms. The normalized spacial score (nSPS) is 12.3. The standard InChI is InChI=1S/C22H22F3N5O3S/c1-14(19(31)28-10-2-9-26)8-12-34-21-29-17-7-11-27-18(17)20(32)30(21)15-3-5-16(6-4-15)33-13-22(23,24)25/h3-7,11,14,27H,2,8,10,12-13H2,1H3,(H,28,31). The zero-order valence-electron chi connectivity index (χ0n) is 18.2. The van der Waals surface area contributed by atoms with Crippen LogP contribution < -0.4 is 15.6 Å². The summed E-state index contributed by atoms with van der Waals surface area (Å²) in [6, 6.07) is 9.32. The molecule has 34 heavy (non-hydrogen) atoms. The number of aromatic amines is 1. The number of hydrogen-bond donors (Lipinski definition) is 2. The molecule has 0 radical (unpaired) electrons. The summed E-state index contributed by atoms with van der Waals surface area (Å²) in [5.74, 6) is 0.0553. The number of aromatic nitrogens is 3. The number of nitrogens with zero attached hydrogens (tertiary/aromatic N) is 3. The first-order valence-corrected chi connectivity index (χ1v) is 11.4. The molecule has 0 saturated carbocycles. The van der Waals surface area contributed by atoms with Crippen molar-refractivity contribution in [2.75, 3.05) is 18.9 Å². The van der Waals surface area contributed by atoms with Crippen molar-refractivity contribution in [3.8, 4) is 17.5 Å². The number of nitriles is 1. The fourth-order valence-electron chi connectivity index (χ4n) is 3.03. The van der Waals surface area contributed by atoms with Gasteiger partial charge in [-0.15, -0.1) is 0 Å². The van der Waals surface area contributed by atoms with Crippen molar-refractivity contribution in [3.63, 3.8) is 0 Å². The molecule has 0 aliphatic rings. The van der Waals surface area contributed by atoms with Gasteiger partial charge in [0.2, 0.25) is 5.91 Å². The highest BCUT2D eigenvalue weighted by Gasteiger charge is 2.28. The van der Waals surface area contributed by atoms with Gasteiger partial charge in [0.15, 0.2) is 11.8 Å². The van der Waals surface area contributed by atoms with E-state index in [2.05, 4.69) is 15.3 Å². The lowest BCUT2D eigenvalue weighted by Gasteiger charge is -2.14. The van der Waals surface area contributed by atoms with Crippen LogP contribution in [0.15, 0.2) is 46.5 Å². The summed E-state index contributed by atoms with van der Waals surface area (Å²) in [6.07, 6.45) is -2.11. The van der Waals surface area contributed by atoms with Gasteiger partial charge < -0.3 is 15.0 Å². The Bertz CT molecular complexity index is 1230. The van der Waals surface area contributed by atoms with Gasteiger partial charge in [0.1, 0.15) is 11.3 Å². The number of nitrogens with one attached hydrogen (secondary N) is 2. The Morgan fingerprint density at radius 1 is 1.32 bits per heavy atom. The summed E-state index contributed by atoms with van der Waals surface area (Å²) < 4.78 is 43.3. The minimum Gasteiger partial charge on any atom is -0.484 e. The summed E-state index contributed by atoms with van der Waals surface area (Å²) in [5, 5.41) is 11.7. The maximum Gasteiger partial charge on any atom is 0.422 e. The van der Waals surface area contributed by atoms with Gasteiger partial charge in [0.25, 0.3) is 5.56 Å². The van der Waals surface area contributed by atoms with E-state index < -0.39 is 12.8 Å². The zero-order valence-corrected chi connectivity index (χ0v) is 19.0. The van der Waals surface area contributed by atoms with Gasteiger partial charge in [-0.1, -0.05) is 18.7 Å². The molecule has 2 N–H and O–H groups in total. The third-order valence-electron chi connectivity index (χ3n) is 4.81. The molecule has 1 amide bonds. The van der Waals surface area contributed by atoms with Crippen molar-refractivity contribution < 1.29 is 22.7 Å². The van der Waals surface area contributed by atoms with Crippen LogP contribution in [0.1, 0.15) is 19.8 Å². The molecule has 8 nitrogen and oxygen atoms in total. The summed E-state index contributed by atoms with van der Waals surface area (Å²) in [5.41, 5.74) is 0.838. The van der Waals surface area contributed by atoms with Gasteiger partial charge in [-0.3, -0.25) is 14.2 Å². The summed E-state index contributed by atoms with van der Waals surface area (Å²) in [6.45, 7) is 0.657. The molecule has 180 valence electrons. The fourth-order valence-corrected chi connectivity index (χ4v) is 4.17. The van der Waals surface area contributed by atoms with E-state index in [1.54, 1.807) is 19.2 Å². The van der Waals surface area contributed by atoms with Crippen LogP contribution in [0.2, 0.25) is 0 Å². The minimum absolute atomic E-state index is 0.0217. The Morgan fingerprint density at radius 2 is 2.06 bits per heavy atom. The Labute approximate surface area is 197 Å². The van der Waals surface area contributed by atoms with Crippen molar-refractivity contribution >= 4 is 28.7 Å². The van der Waals surface area contributed by atoms with E-state index in [0.29, 0.717) is 40.6 Å². The van der Waals surface area contributed by atoms with Crippen LogP contribution in [0.5, 0.6) is 5.75 Å². The summed E-state index contributed by atoms with van der Waals surface area (Å²) >= 11 is 1.29. The van der Waals surface area contributed by atoms with Crippen LogP contribution in [0.25, 0.3) is 16.7 Å². The van der Waals surface area contributed by atoms with Gasteiger partial charge in [0, 0.05) is 24.4 Å².